The maximum atomic E-state index is 13.7. The molecular weight excluding hydrogens is 296 g/mol. The van der Waals surface area contributed by atoms with Gasteiger partial charge >= 0.3 is 6.61 Å². The van der Waals surface area contributed by atoms with Gasteiger partial charge in [-0.05, 0) is 41.7 Å². The van der Waals surface area contributed by atoms with Gasteiger partial charge in [-0.15, -0.1) is 6.58 Å². The SMILES string of the molecule is C=CCCc1ccc(-c2cc(F)c(OC(F)F)c(F)c2)cc1. The molecule has 2 aromatic rings. The summed E-state index contributed by atoms with van der Waals surface area (Å²) in [4.78, 5) is 0. The molecule has 1 nitrogen and oxygen atoms in total. The lowest BCUT2D eigenvalue weighted by Gasteiger charge is -2.10. The van der Waals surface area contributed by atoms with Gasteiger partial charge < -0.3 is 4.74 Å². The highest BCUT2D eigenvalue weighted by atomic mass is 19.3. The van der Waals surface area contributed by atoms with Gasteiger partial charge in [-0.1, -0.05) is 30.3 Å². The van der Waals surface area contributed by atoms with Gasteiger partial charge in [-0.25, -0.2) is 8.78 Å². The standard InChI is InChI=1S/C17H14F4O/c1-2-3-4-11-5-7-12(8-6-11)13-9-14(18)16(15(19)10-13)22-17(20)21/h2,5-10,17H,1,3-4H2. The summed E-state index contributed by atoms with van der Waals surface area (Å²) < 4.78 is 55.4. The highest BCUT2D eigenvalue weighted by Gasteiger charge is 2.17. The van der Waals surface area contributed by atoms with Crippen molar-refractivity contribution in [2.75, 3.05) is 0 Å². The van der Waals surface area contributed by atoms with Crippen molar-refractivity contribution in [3.63, 3.8) is 0 Å². The summed E-state index contributed by atoms with van der Waals surface area (Å²) in [7, 11) is 0. The maximum absolute atomic E-state index is 13.7. The molecule has 0 N–H and O–H groups in total. The molecule has 0 fully saturated rings. The van der Waals surface area contributed by atoms with Gasteiger partial charge in [0.15, 0.2) is 17.4 Å². The first-order valence-electron chi connectivity index (χ1n) is 6.65. The molecule has 0 heterocycles. The zero-order chi connectivity index (χ0) is 16.1. The predicted octanol–water partition coefficient (Wildman–Crippen LogP) is 5.35. The number of aryl methyl sites for hydroxylation is 1. The van der Waals surface area contributed by atoms with Crippen molar-refractivity contribution in [3.8, 4) is 16.9 Å². The predicted molar refractivity (Wildman–Crippen MR) is 76.9 cm³/mol. The number of ether oxygens (including phenoxy) is 1. The maximum Gasteiger partial charge on any atom is 0.387 e. The number of rotatable bonds is 6. The second-order valence-corrected chi connectivity index (χ2v) is 4.67. The molecular formula is C17H14F4O. The van der Waals surface area contributed by atoms with Crippen molar-refractivity contribution in [2.45, 2.75) is 19.5 Å². The molecule has 2 aromatic carbocycles. The van der Waals surface area contributed by atoms with E-state index in [1.54, 1.807) is 18.2 Å². The van der Waals surface area contributed by atoms with Gasteiger partial charge in [-0.3, -0.25) is 0 Å². The van der Waals surface area contributed by atoms with E-state index in [9.17, 15) is 17.6 Å². The Morgan fingerprint density at radius 2 is 1.59 bits per heavy atom. The van der Waals surface area contributed by atoms with Gasteiger partial charge in [0.25, 0.3) is 0 Å². The van der Waals surface area contributed by atoms with E-state index in [0.29, 0.717) is 5.56 Å². The van der Waals surface area contributed by atoms with Crippen molar-refractivity contribution in [2.24, 2.45) is 0 Å². The Hall–Kier alpha value is -2.30. The van der Waals surface area contributed by atoms with Crippen molar-refractivity contribution >= 4 is 0 Å². The molecule has 5 heteroatoms. The summed E-state index contributed by atoms with van der Waals surface area (Å²) in [5, 5.41) is 0. The highest BCUT2D eigenvalue weighted by molar-refractivity contribution is 5.65. The van der Waals surface area contributed by atoms with Crippen LogP contribution in [-0.2, 0) is 6.42 Å². The van der Waals surface area contributed by atoms with Crippen molar-refractivity contribution in [3.05, 3.63) is 66.3 Å². The van der Waals surface area contributed by atoms with Gasteiger partial charge in [0.2, 0.25) is 0 Å². The molecule has 0 saturated heterocycles. The fourth-order valence-corrected chi connectivity index (χ4v) is 2.06. The molecule has 0 amide bonds. The number of benzene rings is 2. The van der Waals surface area contributed by atoms with E-state index in [2.05, 4.69) is 11.3 Å². The van der Waals surface area contributed by atoms with E-state index in [1.807, 2.05) is 12.1 Å². The summed E-state index contributed by atoms with van der Waals surface area (Å²) in [5.41, 5.74) is 1.91. The molecule has 0 aliphatic carbocycles. The summed E-state index contributed by atoms with van der Waals surface area (Å²) in [6.45, 7) is 0.362. The first-order chi connectivity index (χ1) is 10.5. The van der Waals surface area contributed by atoms with Crippen LogP contribution in [0.25, 0.3) is 11.1 Å². The minimum absolute atomic E-state index is 0.256. The Kier molecular flexibility index (Phi) is 5.20. The molecule has 0 atom stereocenters. The van der Waals surface area contributed by atoms with Gasteiger partial charge in [0.1, 0.15) is 0 Å². The molecule has 0 bridgehead atoms. The van der Waals surface area contributed by atoms with Crippen LogP contribution in [0.1, 0.15) is 12.0 Å². The van der Waals surface area contributed by atoms with Crippen LogP contribution in [0.4, 0.5) is 17.6 Å². The molecule has 0 aliphatic rings. The summed E-state index contributed by atoms with van der Waals surface area (Å²) in [6, 6.07) is 9.08. The summed E-state index contributed by atoms with van der Waals surface area (Å²) in [5.74, 6) is -3.39. The Bertz CT molecular complexity index is 627. The Labute approximate surface area is 125 Å². The smallest absolute Gasteiger partial charge is 0.387 e. The topological polar surface area (TPSA) is 9.23 Å². The lowest BCUT2D eigenvalue weighted by atomic mass is 10.0. The third-order valence-electron chi connectivity index (χ3n) is 3.13. The van der Waals surface area contributed by atoms with Gasteiger partial charge in [0, 0.05) is 0 Å². The van der Waals surface area contributed by atoms with Crippen LogP contribution in [0.3, 0.4) is 0 Å². The first-order valence-corrected chi connectivity index (χ1v) is 6.65. The minimum atomic E-state index is -3.28. The van der Waals surface area contributed by atoms with E-state index in [0.717, 1.165) is 30.5 Å². The zero-order valence-electron chi connectivity index (χ0n) is 11.7. The van der Waals surface area contributed by atoms with Gasteiger partial charge in [0.05, 0.1) is 0 Å². The van der Waals surface area contributed by atoms with E-state index in [1.165, 1.54) is 0 Å². The van der Waals surface area contributed by atoms with Crippen LogP contribution >= 0.6 is 0 Å². The fraction of sp³-hybridized carbons (Fsp3) is 0.176. The third-order valence-corrected chi connectivity index (χ3v) is 3.13. The number of halogens is 4. The van der Waals surface area contributed by atoms with Crippen LogP contribution in [0.5, 0.6) is 5.75 Å². The molecule has 22 heavy (non-hydrogen) atoms. The summed E-state index contributed by atoms with van der Waals surface area (Å²) >= 11 is 0. The molecule has 0 aromatic heterocycles. The molecule has 0 radical (unpaired) electrons. The van der Waals surface area contributed by atoms with Crippen molar-refractivity contribution < 1.29 is 22.3 Å². The first kappa shape index (κ1) is 16.1. The zero-order valence-corrected chi connectivity index (χ0v) is 11.7. The van der Waals surface area contributed by atoms with Crippen molar-refractivity contribution in [1.29, 1.82) is 0 Å². The highest BCUT2D eigenvalue weighted by Crippen LogP contribution is 2.30. The quantitative estimate of drug-likeness (QED) is 0.516. The second kappa shape index (κ2) is 7.11. The lowest BCUT2D eigenvalue weighted by Crippen LogP contribution is -2.06. The van der Waals surface area contributed by atoms with Crippen LogP contribution in [-0.4, -0.2) is 6.61 Å². The molecule has 2 rings (SSSR count). The van der Waals surface area contributed by atoms with Crippen molar-refractivity contribution in [1.82, 2.24) is 0 Å². The monoisotopic (exact) mass is 310 g/mol. The number of allylic oxidation sites excluding steroid dienone is 1. The number of hydrogen-bond donors (Lipinski definition) is 0. The summed E-state index contributed by atoms with van der Waals surface area (Å²) in [6.07, 6.45) is 3.47. The normalized spacial score (nSPS) is 10.8. The average Bonchev–Trinajstić information content (AvgIpc) is 2.49. The van der Waals surface area contributed by atoms with E-state index >= 15 is 0 Å². The Morgan fingerprint density at radius 3 is 2.09 bits per heavy atom. The van der Waals surface area contributed by atoms with Crippen LogP contribution in [0.2, 0.25) is 0 Å². The Morgan fingerprint density at radius 1 is 1.00 bits per heavy atom. The minimum Gasteiger partial charge on any atom is -0.429 e. The second-order valence-electron chi connectivity index (χ2n) is 4.67. The average molecular weight is 310 g/mol. The molecule has 0 aliphatic heterocycles. The van der Waals surface area contributed by atoms with E-state index < -0.39 is 24.0 Å². The van der Waals surface area contributed by atoms with Crippen LogP contribution in [0.15, 0.2) is 49.1 Å². The molecule has 116 valence electrons. The third kappa shape index (κ3) is 3.87. The van der Waals surface area contributed by atoms with E-state index in [4.69, 9.17) is 0 Å². The molecule has 0 spiro atoms. The molecule has 0 unspecified atom stereocenters. The number of hydrogen-bond acceptors (Lipinski definition) is 1. The largest absolute Gasteiger partial charge is 0.429 e. The molecule has 0 saturated carbocycles. The van der Waals surface area contributed by atoms with E-state index in [-0.39, 0.29) is 5.56 Å². The van der Waals surface area contributed by atoms with Crippen LogP contribution < -0.4 is 4.74 Å². The lowest BCUT2D eigenvalue weighted by molar-refractivity contribution is -0.0546. The fourth-order valence-electron chi connectivity index (χ4n) is 2.06. The number of alkyl halides is 2. The van der Waals surface area contributed by atoms with Gasteiger partial charge in [-0.2, -0.15) is 8.78 Å². The Balaban J connectivity index is 2.27. The van der Waals surface area contributed by atoms with Crippen LogP contribution in [0, 0.1) is 11.6 Å².